The van der Waals surface area contributed by atoms with Gasteiger partial charge in [0.05, 0.1) is 6.07 Å². The molecular weight excluding hydrogens is 246 g/mol. The quantitative estimate of drug-likeness (QED) is 0.774. The van der Waals surface area contributed by atoms with Crippen molar-refractivity contribution >= 4 is 0 Å². The second-order valence-electron chi connectivity index (χ2n) is 7.06. The number of nitrogens with one attached hydrogen (secondary N) is 1. The standard InChI is InChI=1S/C17H33N3/c1-6-15-7-9-16(10-8-15)20(5)12-11-17(4,13-18)19-14(2)3/h14-16,19H,6-12H2,1-5H3. The first kappa shape index (κ1) is 17.5. The van der Waals surface area contributed by atoms with Crippen molar-refractivity contribution in [2.24, 2.45) is 5.92 Å². The molecule has 0 aromatic heterocycles. The Labute approximate surface area is 125 Å². The highest BCUT2D eigenvalue weighted by Gasteiger charge is 2.27. The van der Waals surface area contributed by atoms with Gasteiger partial charge in [0, 0.05) is 18.6 Å². The summed E-state index contributed by atoms with van der Waals surface area (Å²) in [5.41, 5.74) is -0.400. The molecule has 1 unspecified atom stereocenters. The van der Waals surface area contributed by atoms with E-state index in [9.17, 15) is 5.26 Å². The molecule has 1 rings (SSSR count). The van der Waals surface area contributed by atoms with E-state index < -0.39 is 5.54 Å². The first-order valence-electron chi connectivity index (χ1n) is 8.29. The van der Waals surface area contributed by atoms with E-state index in [2.05, 4.69) is 44.1 Å². The average Bonchev–Trinajstić information content (AvgIpc) is 2.44. The van der Waals surface area contributed by atoms with Gasteiger partial charge in [-0.25, -0.2) is 0 Å². The summed E-state index contributed by atoms with van der Waals surface area (Å²) in [7, 11) is 2.23. The zero-order valence-corrected chi connectivity index (χ0v) is 14.1. The van der Waals surface area contributed by atoms with Crippen LogP contribution in [0.4, 0.5) is 0 Å². The van der Waals surface area contributed by atoms with E-state index in [-0.39, 0.29) is 0 Å². The van der Waals surface area contributed by atoms with Crippen molar-refractivity contribution in [2.45, 2.75) is 83.8 Å². The van der Waals surface area contributed by atoms with Crippen molar-refractivity contribution < 1.29 is 0 Å². The van der Waals surface area contributed by atoms with Crippen LogP contribution in [0.25, 0.3) is 0 Å². The van der Waals surface area contributed by atoms with Crippen LogP contribution in [0.3, 0.4) is 0 Å². The van der Waals surface area contributed by atoms with Crippen molar-refractivity contribution in [3.05, 3.63) is 0 Å². The number of nitrogens with zero attached hydrogens (tertiary/aromatic N) is 2. The molecule has 1 aliphatic rings. The minimum atomic E-state index is -0.400. The number of hydrogen-bond acceptors (Lipinski definition) is 3. The molecule has 0 aromatic carbocycles. The van der Waals surface area contributed by atoms with Gasteiger partial charge in [-0.15, -0.1) is 0 Å². The molecule has 0 amide bonds. The maximum absolute atomic E-state index is 9.39. The second kappa shape index (κ2) is 8.00. The van der Waals surface area contributed by atoms with E-state index in [1.165, 1.54) is 32.1 Å². The van der Waals surface area contributed by atoms with E-state index in [0.717, 1.165) is 24.9 Å². The van der Waals surface area contributed by atoms with Gasteiger partial charge in [-0.05, 0) is 65.8 Å². The monoisotopic (exact) mass is 279 g/mol. The Morgan fingerprint density at radius 1 is 1.30 bits per heavy atom. The fourth-order valence-electron chi connectivity index (χ4n) is 3.37. The molecule has 0 spiro atoms. The van der Waals surface area contributed by atoms with E-state index in [1.807, 2.05) is 6.92 Å². The van der Waals surface area contributed by atoms with Crippen LogP contribution in [0.15, 0.2) is 0 Å². The van der Waals surface area contributed by atoms with Crippen molar-refractivity contribution in [2.75, 3.05) is 13.6 Å². The van der Waals surface area contributed by atoms with Crippen LogP contribution in [-0.4, -0.2) is 36.1 Å². The third kappa shape index (κ3) is 5.42. The van der Waals surface area contributed by atoms with Crippen molar-refractivity contribution in [3.8, 4) is 6.07 Å². The van der Waals surface area contributed by atoms with Gasteiger partial charge in [-0.1, -0.05) is 13.3 Å². The lowest BCUT2D eigenvalue weighted by molar-refractivity contribution is 0.153. The normalized spacial score (nSPS) is 26.5. The molecule has 116 valence electrons. The lowest BCUT2D eigenvalue weighted by atomic mass is 9.84. The van der Waals surface area contributed by atoms with Gasteiger partial charge in [0.25, 0.3) is 0 Å². The SMILES string of the molecule is CCC1CCC(N(C)CCC(C)(C#N)NC(C)C)CC1. The zero-order chi connectivity index (χ0) is 15.2. The smallest absolute Gasteiger partial charge is 0.105 e. The van der Waals surface area contributed by atoms with Crippen LogP contribution >= 0.6 is 0 Å². The molecule has 0 saturated heterocycles. The summed E-state index contributed by atoms with van der Waals surface area (Å²) in [6.07, 6.45) is 7.65. The molecule has 0 radical (unpaired) electrons. The molecule has 3 nitrogen and oxygen atoms in total. The van der Waals surface area contributed by atoms with Gasteiger partial charge in [0.2, 0.25) is 0 Å². The maximum atomic E-state index is 9.39. The molecule has 20 heavy (non-hydrogen) atoms. The highest BCUT2D eigenvalue weighted by molar-refractivity contribution is 5.04. The van der Waals surface area contributed by atoms with Crippen LogP contribution in [0.5, 0.6) is 0 Å². The fourth-order valence-corrected chi connectivity index (χ4v) is 3.37. The van der Waals surface area contributed by atoms with Gasteiger partial charge in [-0.2, -0.15) is 5.26 Å². The molecule has 0 aromatic rings. The summed E-state index contributed by atoms with van der Waals surface area (Å²) >= 11 is 0. The maximum Gasteiger partial charge on any atom is 0.105 e. The molecule has 1 N–H and O–H groups in total. The Kier molecular flexibility index (Phi) is 6.99. The van der Waals surface area contributed by atoms with Crippen molar-refractivity contribution in [3.63, 3.8) is 0 Å². The van der Waals surface area contributed by atoms with Gasteiger partial charge < -0.3 is 4.90 Å². The largest absolute Gasteiger partial charge is 0.303 e. The molecule has 1 aliphatic carbocycles. The Hall–Kier alpha value is -0.590. The van der Waals surface area contributed by atoms with E-state index in [4.69, 9.17) is 0 Å². The molecule has 1 fully saturated rings. The molecule has 0 bridgehead atoms. The van der Waals surface area contributed by atoms with E-state index >= 15 is 0 Å². The van der Waals surface area contributed by atoms with Crippen LogP contribution in [0.1, 0.15) is 66.2 Å². The third-order valence-corrected chi connectivity index (χ3v) is 4.84. The number of hydrogen-bond donors (Lipinski definition) is 1. The lowest BCUT2D eigenvalue weighted by Gasteiger charge is -2.36. The first-order valence-corrected chi connectivity index (χ1v) is 8.29. The second-order valence-corrected chi connectivity index (χ2v) is 7.06. The van der Waals surface area contributed by atoms with Crippen molar-refractivity contribution in [1.29, 1.82) is 5.26 Å². The summed E-state index contributed by atoms with van der Waals surface area (Å²) in [6.45, 7) is 9.54. The molecule has 0 heterocycles. The minimum Gasteiger partial charge on any atom is -0.303 e. The van der Waals surface area contributed by atoms with Gasteiger partial charge in [0.1, 0.15) is 5.54 Å². The Balaban J connectivity index is 2.39. The molecule has 3 heteroatoms. The molecular formula is C17H33N3. The van der Waals surface area contributed by atoms with Crippen molar-refractivity contribution in [1.82, 2.24) is 10.2 Å². The summed E-state index contributed by atoms with van der Waals surface area (Å²) in [5.74, 6) is 0.951. The average molecular weight is 279 g/mol. The number of nitriles is 1. The Morgan fingerprint density at radius 2 is 1.90 bits per heavy atom. The van der Waals surface area contributed by atoms with E-state index in [0.29, 0.717) is 6.04 Å². The van der Waals surface area contributed by atoms with Gasteiger partial charge >= 0.3 is 0 Å². The Bertz CT molecular complexity index is 313. The predicted octanol–water partition coefficient (Wildman–Crippen LogP) is 3.56. The predicted molar refractivity (Wildman–Crippen MR) is 85.6 cm³/mol. The summed E-state index contributed by atoms with van der Waals surface area (Å²) in [6, 6.07) is 3.52. The summed E-state index contributed by atoms with van der Waals surface area (Å²) < 4.78 is 0. The van der Waals surface area contributed by atoms with Crippen LogP contribution in [0.2, 0.25) is 0 Å². The lowest BCUT2D eigenvalue weighted by Crippen LogP contribution is -2.48. The topological polar surface area (TPSA) is 39.1 Å². The minimum absolute atomic E-state index is 0.352. The number of rotatable bonds is 7. The molecule has 1 saturated carbocycles. The third-order valence-electron chi connectivity index (χ3n) is 4.84. The van der Waals surface area contributed by atoms with E-state index in [1.54, 1.807) is 0 Å². The zero-order valence-electron chi connectivity index (χ0n) is 14.1. The highest BCUT2D eigenvalue weighted by Crippen LogP contribution is 2.29. The molecule has 0 aliphatic heterocycles. The summed E-state index contributed by atoms with van der Waals surface area (Å²) in [5, 5.41) is 12.8. The van der Waals surface area contributed by atoms with Crippen LogP contribution < -0.4 is 5.32 Å². The van der Waals surface area contributed by atoms with Gasteiger partial charge in [-0.3, -0.25) is 5.32 Å². The highest BCUT2D eigenvalue weighted by atomic mass is 15.1. The van der Waals surface area contributed by atoms with Gasteiger partial charge in [0.15, 0.2) is 0 Å². The van der Waals surface area contributed by atoms with Crippen LogP contribution in [-0.2, 0) is 0 Å². The Morgan fingerprint density at radius 3 is 2.35 bits per heavy atom. The first-order chi connectivity index (χ1) is 9.40. The van der Waals surface area contributed by atoms with Crippen LogP contribution in [0, 0.1) is 17.2 Å². The fraction of sp³-hybridized carbons (Fsp3) is 0.941. The summed E-state index contributed by atoms with van der Waals surface area (Å²) in [4.78, 5) is 2.48. The molecule has 1 atom stereocenters.